The van der Waals surface area contributed by atoms with Crippen LogP contribution in [0.3, 0.4) is 0 Å². The van der Waals surface area contributed by atoms with Crippen molar-refractivity contribution in [3.8, 4) is 11.3 Å². The van der Waals surface area contributed by atoms with Gasteiger partial charge in [-0.15, -0.1) is 0 Å². The molecule has 0 spiro atoms. The third kappa shape index (κ3) is 3.02. The highest BCUT2D eigenvalue weighted by molar-refractivity contribution is 6.02. The number of carbonyl (C=O) groups is 1. The lowest BCUT2D eigenvalue weighted by atomic mass is 9.94. The number of amides is 1. The first-order valence-corrected chi connectivity index (χ1v) is 10.7. The third-order valence-electron chi connectivity index (χ3n) is 6.39. The van der Waals surface area contributed by atoms with Gasteiger partial charge in [-0.25, -0.2) is 0 Å². The fraction of sp³-hybridized carbons (Fsp3) is 0.280. The molecule has 2 aromatic carbocycles. The van der Waals surface area contributed by atoms with E-state index in [1.54, 1.807) is 6.21 Å². The fourth-order valence-corrected chi connectivity index (χ4v) is 5.14. The zero-order valence-corrected chi connectivity index (χ0v) is 17.8. The molecule has 1 amide bonds. The van der Waals surface area contributed by atoms with Crippen LogP contribution in [0.1, 0.15) is 47.4 Å². The molecule has 31 heavy (non-hydrogen) atoms. The average Bonchev–Trinajstić information content (AvgIpc) is 3.30. The van der Waals surface area contributed by atoms with Crippen molar-refractivity contribution in [2.75, 3.05) is 0 Å². The average molecular weight is 412 g/mol. The van der Waals surface area contributed by atoms with Crippen molar-refractivity contribution < 1.29 is 4.79 Å². The molecule has 1 aromatic heterocycles. The molecule has 1 saturated heterocycles. The van der Waals surface area contributed by atoms with Crippen LogP contribution >= 0.6 is 0 Å². The summed E-state index contributed by atoms with van der Waals surface area (Å²) in [6.45, 7) is 5.48. The highest BCUT2D eigenvalue weighted by atomic mass is 16.2. The highest BCUT2D eigenvalue weighted by Gasteiger charge is 2.46. The molecule has 2 bridgehead atoms. The van der Waals surface area contributed by atoms with Gasteiger partial charge in [0.1, 0.15) is 5.69 Å². The van der Waals surface area contributed by atoms with Crippen LogP contribution in [0.5, 0.6) is 0 Å². The lowest BCUT2D eigenvalue weighted by Crippen LogP contribution is -2.42. The molecular weight excluding hydrogens is 386 g/mol. The van der Waals surface area contributed by atoms with Gasteiger partial charge in [-0.2, -0.15) is 5.10 Å². The van der Waals surface area contributed by atoms with Gasteiger partial charge in [-0.1, -0.05) is 36.4 Å². The summed E-state index contributed by atoms with van der Waals surface area (Å²) in [6, 6.07) is 16.0. The Hall–Kier alpha value is -3.54. The van der Waals surface area contributed by atoms with Crippen molar-refractivity contribution in [3.05, 3.63) is 65.4 Å². The summed E-state index contributed by atoms with van der Waals surface area (Å²) in [5.41, 5.74) is 6.42. The largest absolute Gasteiger partial charge is 0.327 e. The smallest absolute Gasteiger partial charge is 0.256 e. The molecular formula is C25H25N5O. The Bertz CT molecular complexity index is 1190. The minimum absolute atomic E-state index is 0.00355. The second kappa shape index (κ2) is 7.61. The maximum Gasteiger partial charge on any atom is 0.256 e. The third-order valence-corrected chi connectivity index (χ3v) is 6.39. The molecule has 156 valence electrons. The van der Waals surface area contributed by atoms with E-state index >= 15 is 0 Å². The monoisotopic (exact) mass is 411 g/mol. The second-order valence-corrected chi connectivity index (χ2v) is 8.08. The lowest BCUT2D eigenvalue weighted by Gasteiger charge is -2.34. The number of aryl methyl sites for hydroxylation is 1. The molecule has 0 unspecified atom stereocenters. The zero-order chi connectivity index (χ0) is 21.5. The van der Waals surface area contributed by atoms with Crippen LogP contribution in [-0.4, -0.2) is 39.6 Å². The lowest BCUT2D eigenvalue weighted by molar-refractivity contribution is 0.0643. The van der Waals surface area contributed by atoms with Crippen LogP contribution in [-0.2, 0) is 13.5 Å². The summed E-state index contributed by atoms with van der Waals surface area (Å²) in [4.78, 5) is 24.3. The van der Waals surface area contributed by atoms with Crippen LogP contribution in [0, 0.1) is 0 Å². The Morgan fingerprint density at radius 1 is 1.16 bits per heavy atom. The van der Waals surface area contributed by atoms with Crippen LogP contribution < -0.4 is 0 Å². The van der Waals surface area contributed by atoms with Gasteiger partial charge in [0, 0.05) is 30.4 Å². The Balaban J connectivity index is 1.57. The molecule has 2 aliphatic heterocycles. The Kier molecular flexibility index (Phi) is 4.77. The second-order valence-electron chi connectivity index (χ2n) is 8.08. The fourth-order valence-electron chi connectivity index (χ4n) is 5.14. The summed E-state index contributed by atoms with van der Waals surface area (Å²) < 4.78 is 1.97. The van der Waals surface area contributed by atoms with Gasteiger partial charge < -0.3 is 4.90 Å². The van der Waals surface area contributed by atoms with E-state index in [0.29, 0.717) is 16.9 Å². The molecule has 5 rings (SSSR count). The minimum atomic E-state index is -0.0104. The van der Waals surface area contributed by atoms with Crippen molar-refractivity contribution in [1.82, 2.24) is 14.7 Å². The molecule has 0 N–H and O–H groups in total. The van der Waals surface area contributed by atoms with Crippen molar-refractivity contribution in [3.63, 3.8) is 0 Å². The van der Waals surface area contributed by atoms with Crippen LogP contribution in [0.15, 0.2) is 58.5 Å². The van der Waals surface area contributed by atoms with E-state index in [-0.39, 0.29) is 18.0 Å². The van der Waals surface area contributed by atoms with E-state index in [4.69, 9.17) is 5.10 Å². The molecule has 2 aliphatic rings. The molecule has 6 nitrogen and oxygen atoms in total. The van der Waals surface area contributed by atoms with E-state index in [1.807, 2.05) is 47.8 Å². The first-order valence-electron chi connectivity index (χ1n) is 10.7. The predicted molar refractivity (Wildman–Crippen MR) is 124 cm³/mol. The molecule has 6 heteroatoms. The van der Waals surface area contributed by atoms with Gasteiger partial charge in [0.2, 0.25) is 0 Å². The maximum absolute atomic E-state index is 13.8. The number of rotatable bonds is 4. The molecule has 0 aliphatic carbocycles. The van der Waals surface area contributed by atoms with Gasteiger partial charge in [-0.05, 0) is 45.0 Å². The highest BCUT2D eigenvalue weighted by Crippen LogP contribution is 2.47. The van der Waals surface area contributed by atoms with E-state index < -0.39 is 0 Å². The van der Waals surface area contributed by atoms with Crippen LogP contribution in [0.25, 0.3) is 11.3 Å². The van der Waals surface area contributed by atoms with E-state index in [0.717, 1.165) is 30.7 Å². The maximum atomic E-state index is 13.8. The SMILES string of the molecule is C=Nc1cccc(C(=O)N2[C@H]3CC[C@@H]2c2nn(C)c(-c4ccccc4)c2C3)c1/N=C\C. The Morgan fingerprint density at radius 3 is 2.71 bits per heavy atom. The van der Waals surface area contributed by atoms with Gasteiger partial charge in [-0.3, -0.25) is 19.5 Å². The van der Waals surface area contributed by atoms with Crippen LogP contribution in [0.2, 0.25) is 0 Å². The van der Waals surface area contributed by atoms with Crippen molar-refractivity contribution >= 4 is 30.2 Å². The van der Waals surface area contributed by atoms with Crippen molar-refractivity contribution in [2.45, 2.75) is 38.3 Å². The Labute approximate surface area is 182 Å². The molecule has 2 atom stereocenters. The number of fused-ring (bicyclic) bond motifs is 4. The Morgan fingerprint density at radius 2 is 1.97 bits per heavy atom. The number of benzene rings is 2. The van der Waals surface area contributed by atoms with E-state index in [9.17, 15) is 4.79 Å². The minimum Gasteiger partial charge on any atom is -0.327 e. The predicted octanol–water partition coefficient (Wildman–Crippen LogP) is 5.04. The normalized spacial score (nSPS) is 19.6. The number of hydrogen-bond acceptors (Lipinski definition) is 4. The van der Waals surface area contributed by atoms with Gasteiger partial charge >= 0.3 is 0 Å². The summed E-state index contributed by atoms with van der Waals surface area (Å²) in [5.74, 6) is -0.00355. The first-order chi connectivity index (χ1) is 15.1. The van der Waals surface area contributed by atoms with E-state index in [2.05, 4.69) is 41.0 Å². The van der Waals surface area contributed by atoms with Crippen molar-refractivity contribution in [1.29, 1.82) is 0 Å². The van der Waals surface area contributed by atoms with Gasteiger partial charge in [0.15, 0.2) is 0 Å². The number of aliphatic imine (C=N–C) groups is 2. The number of carbonyl (C=O) groups excluding carboxylic acids is 1. The molecule has 3 aromatic rings. The zero-order valence-electron chi connectivity index (χ0n) is 17.8. The first kappa shape index (κ1) is 19.4. The molecule has 0 saturated carbocycles. The number of nitrogens with zero attached hydrogens (tertiary/aromatic N) is 5. The van der Waals surface area contributed by atoms with Gasteiger partial charge in [0.05, 0.1) is 28.7 Å². The summed E-state index contributed by atoms with van der Waals surface area (Å²) in [6.07, 6.45) is 4.42. The standard InChI is InChI=1S/C25H25N5O/c1-4-27-22-18(11-8-12-20(22)26-2)25(31)30-17-13-14-21(30)23-19(15-17)24(29(3)28-23)16-9-6-5-7-10-16/h4-12,17,21H,2,13-15H2,1,3H3/b27-4-/t17-,21+/m0/s1. The molecule has 3 heterocycles. The molecule has 1 fully saturated rings. The van der Waals surface area contributed by atoms with Crippen molar-refractivity contribution in [2.24, 2.45) is 17.0 Å². The summed E-state index contributed by atoms with van der Waals surface area (Å²) >= 11 is 0. The summed E-state index contributed by atoms with van der Waals surface area (Å²) in [7, 11) is 1.99. The number of aromatic nitrogens is 2. The van der Waals surface area contributed by atoms with E-state index in [1.165, 1.54) is 11.1 Å². The van der Waals surface area contributed by atoms with Gasteiger partial charge in [0.25, 0.3) is 5.91 Å². The van der Waals surface area contributed by atoms with Crippen LogP contribution in [0.4, 0.5) is 11.4 Å². The number of para-hydroxylation sites is 1. The summed E-state index contributed by atoms with van der Waals surface area (Å²) in [5, 5.41) is 4.89. The quantitative estimate of drug-likeness (QED) is 0.565. The topological polar surface area (TPSA) is 62.9 Å². The molecule has 0 radical (unpaired) electrons. The number of hydrogen-bond donors (Lipinski definition) is 0.